The van der Waals surface area contributed by atoms with Crippen LogP contribution in [0.15, 0.2) is 22.7 Å². The highest BCUT2D eigenvalue weighted by Crippen LogP contribution is 2.38. The van der Waals surface area contributed by atoms with Gasteiger partial charge >= 0.3 is 0 Å². The maximum absolute atomic E-state index is 13.3. The molecular weight excluding hydrogens is 331 g/mol. The summed E-state index contributed by atoms with van der Waals surface area (Å²) in [6.45, 7) is 5.74. The number of rotatable bonds is 5. The van der Waals surface area contributed by atoms with Crippen molar-refractivity contribution in [1.82, 2.24) is 10.2 Å². The quantitative estimate of drug-likeness (QED) is 0.855. The predicted molar refractivity (Wildman–Crippen MR) is 87.8 cm³/mol. The molecule has 2 nitrogen and oxygen atoms in total. The van der Waals surface area contributed by atoms with Crippen molar-refractivity contribution in [2.45, 2.75) is 44.7 Å². The lowest BCUT2D eigenvalue weighted by molar-refractivity contribution is 0.151. The maximum atomic E-state index is 13.3. The fourth-order valence-corrected chi connectivity index (χ4v) is 4.09. The summed E-state index contributed by atoms with van der Waals surface area (Å²) in [5, 5.41) is 3.44. The number of nitrogens with zero attached hydrogens (tertiary/aromatic N) is 1. The normalized spacial score (nSPS) is 21.7. The molecule has 1 unspecified atom stereocenters. The van der Waals surface area contributed by atoms with Gasteiger partial charge in [-0.3, -0.25) is 4.90 Å². The summed E-state index contributed by atoms with van der Waals surface area (Å²) in [6, 6.07) is 6.17. The van der Waals surface area contributed by atoms with Crippen molar-refractivity contribution in [3.8, 4) is 0 Å². The van der Waals surface area contributed by atoms with Crippen molar-refractivity contribution in [2.75, 3.05) is 19.6 Å². The van der Waals surface area contributed by atoms with Gasteiger partial charge in [-0.25, -0.2) is 4.39 Å². The van der Waals surface area contributed by atoms with Gasteiger partial charge in [0.15, 0.2) is 0 Å². The molecule has 1 atom stereocenters. The lowest BCUT2D eigenvalue weighted by atomic mass is 9.96. The SMILES string of the molecule is CC(c1ccc(F)cc1Br)N(CC1CCNCC1)C1CC1. The zero-order chi connectivity index (χ0) is 14.8. The van der Waals surface area contributed by atoms with E-state index < -0.39 is 0 Å². The number of piperidine rings is 1. The van der Waals surface area contributed by atoms with E-state index in [1.165, 1.54) is 37.8 Å². The predicted octanol–water partition coefficient (Wildman–Crippen LogP) is 4.11. The molecule has 1 aromatic rings. The lowest BCUT2D eigenvalue weighted by Gasteiger charge is -2.35. The van der Waals surface area contributed by atoms with E-state index in [9.17, 15) is 4.39 Å². The van der Waals surface area contributed by atoms with E-state index in [2.05, 4.69) is 33.1 Å². The van der Waals surface area contributed by atoms with Gasteiger partial charge in [-0.2, -0.15) is 0 Å². The van der Waals surface area contributed by atoms with Crippen LogP contribution in [0.4, 0.5) is 4.39 Å². The first-order valence-electron chi connectivity index (χ1n) is 8.06. The summed E-state index contributed by atoms with van der Waals surface area (Å²) in [5.74, 6) is 0.627. The van der Waals surface area contributed by atoms with Crippen molar-refractivity contribution < 1.29 is 4.39 Å². The van der Waals surface area contributed by atoms with Crippen LogP contribution in [0.25, 0.3) is 0 Å². The van der Waals surface area contributed by atoms with Gasteiger partial charge in [0.05, 0.1) is 0 Å². The fourth-order valence-electron chi connectivity index (χ4n) is 3.41. The highest BCUT2D eigenvalue weighted by atomic mass is 79.9. The summed E-state index contributed by atoms with van der Waals surface area (Å²) in [5.41, 5.74) is 1.21. The van der Waals surface area contributed by atoms with E-state index in [0.29, 0.717) is 6.04 Å². The molecule has 116 valence electrons. The van der Waals surface area contributed by atoms with Crippen LogP contribution in [0.1, 0.15) is 44.2 Å². The average molecular weight is 355 g/mol. The molecule has 1 saturated carbocycles. The van der Waals surface area contributed by atoms with Crippen molar-refractivity contribution >= 4 is 15.9 Å². The molecule has 0 aromatic heterocycles. The molecule has 1 saturated heterocycles. The Balaban J connectivity index is 1.73. The van der Waals surface area contributed by atoms with Gasteiger partial charge in [0.25, 0.3) is 0 Å². The Kier molecular flexibility index (Phi) is 4.97. The van der Waals surface area contributed by atoms with Gasteiger partial charge in [0.2, 0.25) is 0 Å². The molecule has 0 radical (unpaired) electrons. The van der Waals surface area contributed by atoms with Crippen LogP contribution in [-0.2, 0) is 0 Å². The van der Waals surface area contributed by atoms with E-state index >= 15 is 0 Å². The van der Waals surface area contributed by atoms with Gasteiger partial charge in [-0.1, -0.05) is 22.0 Å². The Morgan fingerprint density at radius 2 is 2.00 bits per heavy atom. The van der Waals surface area contributed by atoms with Crippen LogP contribution in [-0.4, -0.2) is 30.6 Å². The van der Waals surface area contributed by atoms with E-state index in [0.717, 1.165) is 29.5 Å². The van der Waals surface area contributed by atoms with Crippen molar-refractivity contribution in [3.05, 3.63) is 34.1 Å². The third-order valence-electron chi connectivity index (χ3n) is 4.85. The standard InChI is InChI=1S/C17H24BrFN2/c1-12(16-5-2-14(19)10-17(16)18)21(15-3-4-15)11-13-6-8-20-9-7-13/h2,5,10,12-13,15,20H,3-4,6-9,11H2,1H3. The van der Waals surface area contributed by atoms with E-state index in [1.807, 2.05) is 6.07 Å². The minimum Gasteiger partial charge on any atom is -0.317 e. The Morgan fingerprint density at radius 1 is 1.29 bits per heavy atom. The third kappa shape index (κ3) is 3.85. The highest BCUT2D eigenvalue weighted by Gasteiger charge is 2.34. The number of nitrogens with one attached hydrogen (secondary N) is 1. The van der Waals surface area contributed by atoms with Crippen molar-refractivity contribution in [3.63, 3.8) is 0 Å². The molecule has 4 heteroatoms. The number of halogens is 2. The first-order valence-corrected chi connectivity index (χ1v) is 8.86. The van der Waals surface area contributed by atoms with Gasteiger partial charge in [-0.15, -0.1) is 0 Å². The first-order chi connectivity index (χ1) is 10.1. The molecule has 21 heavy (non-hydrogen) atoms. The van der Waals surface area contributed by atoms with E-state index in [-0.39, 0.29) is 5.82 Å². The fraction of sp³-hybridized carbons (Fsp3) is 0.647. The third-order valence-corrected chi connectivity index (χ3v) is 5.54. The first kappa shape index (κ1) is 15.4. The summed E-state index contributed by atoms with van der Waals surface area (Å²) >= 11 is 3.53. The summed E-state index contributed by atoms with van der Waals surface area (Å²) in [6.07, 6.45) is 5.18. The Labute approximate surface area is 135 Å². The summed E-state index contributed by atoms with van der Waals surface area (Å²) in [4.78, 5) is 2.65. The van der Waals surface area contributed by atoms with Crippen LogP contribution in [0, 0.1) is 11.7 Å². The molecule has 0 amide bonds. The van der Waals surface area contributed by atoms with Gasteiger partial charge in [0, 0.05) is 23.1 Å². The Bertz CT molecular complexity index is 484. The average Bonchev–Trinajstić information content (AvgIpc) is 3.30. The van der Waals surface area contributed by atoms with Gasteiger partial charge in [0.1, 0.15) is 5.82 Å². The molecule has 1 aromatic carbocycles. The van der Waals surface area contributed by atoms with Crippen molar-refractivity contribution in [2.24, 2.45) is 5.92 Å². The Morgan fingerprint density at radius 3 is 2.62 bits per heavy atom. The molecule has 0 spiro atoms. The molecule has 2 aliphatic rings. The Hall–Kier alpha value is -0.450. The van der Waals surface area contributed by atoms with E-state index in [4.69, 9.17) is 0 Å². The van der Waals surface area contributed by atoms with Crippen LogP contribution in [0.5, 0.6) is 0 Å². The van der Waals surface area contributed by atoms with Crippen molar-refractivity contribution in [1.29, 1.82) is 0 Å². The second kappa shape index (κ2) is 6.76. The molecular formula is C17H24BrFN2. The zero-order valence-corrected chi connectivity index (χ0v) is 14.2. The summed E-state index contributed by atoms with van der Waals surface area (Å²) in [7, 11) is 0. The highest BCUT2D eigenvalue weighted by molar-refractivity contribution is 9.10. The molecule has 1 aliphatic heterocycles. The van der Waals surface area contributed by atoms with Gasteiger partial charge in [-0.05, 0) is 69.3 Å². The number of hydrogen-bond donors (Lipinski definition) is 1. The summed E-state index contributed by atoms with van der Waals surface area (Å²) < 4.78 is 14.2. The molecule has 1 N–H and O–H groups in total. The zero-order valence-electron chi connectivity index (χ0n) is 12.6. The molecule has 1 heterocycles. The smallest absolute Gasteiger partial charge is 0.124 e. The number of benzene rings is 1. The van der Waals surface area contributed by atoms with Crippen LogP contribution >= 0.6 is 15.9 Å². The van der Waals surface area contributed by atoms with Crippen LogP contribution in [0.2, 0.25) is 0 Å². The number of hydrogen-bond acceptors (Lipinski definition) is 2. The molecule has 0 bridgehead atoms. The van der Waals surface area contributed by atoms with E-state index in [1.54, 1.807) is 12.1 Å². The largest absolute Gasteiger partial charge is 0.317 e. The molecule has 3 rings (SSSR count). The van der Waals surface area contributed by atoms with Crippen LogP contribution in [0.3, 0.4) is 0 Å². The second-order valence-electron chi connectivity index (χ2n) is 6.46. The topological polar surface area (TPSA) is 15.3 Å². The monoisotopic (exact) mass is 354 g/mol. The lowest BCUT2D eigenvalue weighted by Crippen LogP contribution is -2.38. The minimum absolute atomic E-state index is 0.172. The van der Waals surface area contributed by atoms with Crippen LogP contribution < -0.4 is 5.32 Å². The maximum Gasteiger partial charge on any atom is 0.124 e. The molecule has 2 fully saturated rings. The second-order valence-corrected chi connectivity index (χ2v) is 7.32. The van der Waals surface area contributed by atoms with Gasteiger partial charge < -0.3 is 5.32 Å². The molecule has 1 aliphatic carbocycles. The minimum atomic E-state index is -0.172.